The van der Waals surface area contributed by atoms with E-state index in [1.54, 1.807) is 0 Å². The molecule has 0 amide bonds. The molecule has 0 saturated carbocycles. The molecule has 1 heterocycles. The van der Waals surface area contributed by atoms with E-state index >= 15 is 0 Å². The predicted molar refractivity (Wildman–Crippen MR) is 106 cm³/mol. The summed E-state index contributed by atoms with van der Waals surface area (Å²) in [6.07, 6.45) is 2.58. The number of hydrogen-bond donors (Lipinski definition) is 3. The second kappa shape index (κ2) is 9.09. The minimum Gasteiger partial charge on any atom is -0.396 e. The second-order valence-electron chi connectivity index (χ2n) is 7.67. The molecule has 0 aliphatic carbocycles. The number of aliphatic hydroxyl groups excluding tert-OH is 1. The van der Waals surface area contributed by atoms with Crippen LogP contribution in [0.25, 0.3) is 0 Å². The molecule has 1 unspecified atom stereocenters. The van der Waals surface area contributed by atoms with E-state index in [9.17, 15) is 5.11 Å². The zero-order valence-corrected chi connectivity index (χ0v) is 16.2. The van der Waals surface area contributed by atoms with Crippen molar-refractivity contribution >= 4 is 11.6 Å². The monoisotopic (exact) mass is 346 g/mol. The number of nitrogens with zero attached hydrogens (tertiary/aromatic N) is 2. The molecule has 1 atom stereocenters. The molecule has 1 fully saturated rings. The molecule has 1 aromatic carbocycles. The van der Waals surface area contributed by atoms with Gasteiger partial charge in [0.25, 0.3) is 0 Å². The summed E-state index contributed by atoms with van der Waals surface area (Å²) in [7, 11) is 0. The maximum Gasteiger partial charge on any atom is 0.191 e. The summed E-state index contributed by atoms with van der Waals surface area (Å²) in [4.78, 5) is 7.10. The quantitative estimate of drug-likeness (QED) is 0.525. The Hall–Kier alpha value is -1.75. The third kappa shape index (κ3) is 5.92. The van der Waals surface area contributed by atoms with E-state index in [1.165, 1.54) is 24.1 Å². The number of aliphatic imine (C=N–C) groups is 1. The minimum absolute atomic E-state index is 0.128. The number of hydrogen-bond acceptors (Lipinski definition) is 3. The zero-order valence-electron chi connectivity index (χ0n) is 16.2. The van der Waals surface area contributed by atoms with Crippen molar-refractivity contribution in [3.63, 3.8) is 0 Å². The Labute approximate surface area is 152 Å². The van der Waals surface area contributed by atoms with Crippen molar-refractivity contribution < 1.29 is 5.11 Å². The van der Waals surface area contributed by atoms with Crippen LogP contribution in [0.4, 0.5) is 5.69 Å². The Bertz CT molecular complexity index is 565. The molecule has 1 aliphatic heterocycles. The number of guanidine groups is 1. The first-order valence-electron chi connectivity index (χ1n) is 9.46. The van der Waals surface area contributed by atoms with Crippen LogP contribution < -0.4 is 15.5 Å². The number of aliphatic hydroxyl groups is 1. The predicted octanol–water partition coefficient (Wildman–Crippen LogP) is 2.92. The van der Waals surface area contributed by atoms with Gasteiger partial charge < -0.3 is 20.6 Å². The first-order chi connectivity index (χ1) is 11.9. The standard InChI is InChI=1S/C20H34N4O/c1-5-21-19(22-14-20(3,4)15-25)23-16(2)17-9-8-10-18(13-17)24-11-6-7-12-24/h8-10,13,16,25H,5-7,11-12,14-15H2,1-4H3,(H2,21,22,23). The molecule has 2 rings (SSSR count). The number of anilines is 1. The molecular formula is C20H34N4O. The van der Waals surface area contributed by atoms with E-state index in [-0.39, 0.29) is 18.1 Å². The highest BCUT2D eigenvalue weighted by atomic mass is 16.3. The van der Waals surface area contributed by atoms with Gasteiger partial charge in [0.05, 0.1) is 12.6 Å². The van der Waals surface area contributed by atoms with Crippen LogP contribution in [0, 0.1) is 5.41 Å². The van der Waals surface area contributed by atoms with Gasteiger partial charge in [-0.25, -0.2) is 0 Å². The largest absolute Gasteiger partial charge is 0.396 e. The van der Waals surface area contributed by atoms with Crippen molar-refractivity contribution in [2.24, 2.45) is 10.4 Å². The smallest absolute Gasteiger partial charge is 0.191 e. The molecule has 1 aliphatic rings. The SMILES string of the molecule is CCNC(=NCC(C)(C)CO)NC(C)c1cccc(N2CCCC2)c1. The van der Waals surface area contributed by atoms with E-state index in [0.29, 0.717) is 6.54 Å². The summed E-state index contributed by atoms with van der Waals surface area (Å²) in [5.74, 6) is 0.795. The Kier molecular flexibility index (Phi) is 7.12. The van der Waals surface area contributed by atoms with Gasteiger partial charge >= 0.3 is 0 Å². The Balaban J connectivity index is 2.05. The third-order valence-electron chi connectivity index (χ3n) is 4.63. The Morgan fingerprint density at radius 1 is 1.32 bits per heavy atom. The van der Waals surface area contributed by atoms with Crippen molar-refractivity contribution in [3.05, 3.63) is 29.8 Å². The van der Waals surface area contributed by atoms with Crippen LogP contribution in [0.3, 0.4) is 0 Å². The maximum absolute atomic E-state index is 9.42. The lowest BCUT2D eigenvalue weighted by Gasteiger charge is -2.23. The minimum atomic E-state index is -0.207. The van der Waals surface area contributed by atoms with Gasteiger partial charge in [0.2, 0.25) is 0 Å². The van der Waals surface area contributed by atoms with Crippen LogP contribution in [0.2, 0.25) is 0 Å². The van der Waals surface area contributed by atoms with E-state index in [2.05, 4.69) is 58.6 Å². The first kappa shape index (κ1) is 19.6. The highest BCUT2D eigenvalue weighted by Crippen LogP contribution is 2.24. The number of nitrogens with one attached hydrogen (secondary N) is 2. The Morgan fingerprint density at radius 3 is 2.68 bits per heavy atom. The average Bonchev–Trinajstić information content (AvgIpc) is 3.15. The topological polar surface area (TPSA) is 59.9 Å². The molecule has 140 valence electrons. The lowest BCUT2D eigenvalue weighted by atomic mass is 9.95. The van der Waals surface area contributed by atoms with Crippen molar-refractivity contribution in [3.8, 4) is 0 Å². The van der Waals surface area contributed by atoms with Gasteiger partial charge in [-0.2, -0.15) is 0 Å². The maximum atomic E-state index is 9.42. The molecule has 0 aromatic heterocycles. The third-order valence-corrected chi connectivity index (χ3v) is 4.63. The van der Waals surface area contributed by atoms with E-state index < -0.39 is 0 Å². The summed E-state index contributed by atoms with van der Waals surface area (Å²) < 4.78 is 0. The molecule has 5 heteroatoms. The van der Waals surface area contributed by atoms with Crippen LogP contribution in [0.5, 0.6) is 0 Å². The summed E-state index contributed by atoms with van der Waals surface area (Å²) in [5.41, 5.74) is 2.37. The van der Waals surface area contributed by atoms with Gasteiger partial charge in [-0.3, -0.25) is 4.99 Å². The van der Waals surface area contributed by atoms with Crippen LogP contribution in [0.1, 0.15) is 52.1 Å². The summed E-state index contributed by atoms with van der Waals surface area (Å²) in [5, 5.41) is 16.2. The fourth-order valence-corrected chi connectivity index (χ4v) is 2.92. The van der Waals surface area contributed by atoms with Gasteiger partial charge in [-0.15, -0.1) is 0 Å². The van der Waals surface area contributed by atoms with Crippen molar-refractivity contribution in [2.45, 2.75) is 46.6 Å². The van der Waals surface area contributed by atoms with E-state index in [1.807, 2.05) is 13.8 Å². The molecule has 1 aromatic rings. The average molecular weight is 347 g/mol. The van der Waals surface area contributed by atoms with Crippen LogP contribution >= 0.6 is 0 Å². The molecule has 1 saturated heterocycles. The van der Waals surface area contributed by atoms with Gasteiger partial charge in [-0.1, -0.05) is 26.0 Å². The van der Waals surface area contributed by atoms with Crippen molar-refractivity contribution in [1.82, 2.24) is 10.6 Å². The summed E-state index contributed by atoms with van der Waals surface area (Å²) >= 11 is 0. The fourth-order valence-electron chi connectivity index (χ4n) is 2.92. The lowest BCUT2D eigenvalue weighted by Crippen LogP contribution is -2.39. The van der Waals surface area contributed by atoms with Crippen LogP contribution in [-0.2, 0) is 0 Å². The van der Waals surface area contributed by atoms with E-state index in [4.69, 9.17) is 0 Å². The van der Waals surface area contributed by atoms with Crippen molar-refractivity contribution in [2.75, 3.05) is 37.7 Å². The van der Waals surface area contributed by atoms with Crippen LogP contribution in [0.15, 0.2) is 29.3 Å². The van der Waals surface area contributed by atoms with Crippen molar-refractivity contribution in [1.29, 1.82) is 0 Å². The molecule has 3 N–H and O–H groups in total. The fraction of sp³-hybridized carbons (Fsp3) is 0.650. The normalized spacial score (nSPS) is 16.8. The Morgan fingerprint density at radius 2 is 2.04 bits per heavy atom. The molecule has 0 bridgehead atoms. The highest BCUT2D eigenvalue weighted by Gasteiger charge is 2.17. The molecular weight excluding hydrogens is 312 g/mol. The lowest BCUT2D eigenvalue weighted by molar-refractivity contribution is 0.167. The van der Waals surface area contributed by atoms with Gasteiger partial charge in [-0.05, 0) is 44.4 Å². The number of benzene rings is 1. The van der Waals surface area contributed by atoms with Gasteiger partial charge in [0.1, 0.15) is 0 Å². The highest BCUT2D eigenvalue weighted by molar-refractivity contribution is 5.80. The molecule has 25 heavy (non-hydrogen) atoms. The molecule has 0 spiro atoms. The van der Waals surface area contributed by atoms with Crippen LogP contribution in [-0.4, -0.2) is 43.9 Å². The van der Waals surface area contributed by atoms with Gasteiger partial charge in [0.15, 0.2) is 5.96 Å². The second-order valence-corrected chi connectivity index (χ2v) is 7.67. The summed E-state index contributed by atoms with van der Waals surface area (Å²) in [6.45, 7) is 12.1. The van der Waals surface area contributed by atoms with E-state index in [0.717, 1.165) is 25.6 Å². The first-order valence-corrected chi connectivity index (χ1v) is 9.46. The summed E-state index contributed by atoms with van der Waals surface area (Å²) in [6, 6.07) is 8.95. The molecule has 0 radical (unpaired) electrons. The molecule has 5 nitrogen and oxygen atoms in total. The zero-order chi connectivity index (χ0) is 18.3. The van der Waals surface area contributed by atoms with Gasteiger partial charge in [0, 0.05) is 37.3 Å². The number of rotatable bonds is 7.